The number of ether oxygens (including phenoxy) is 1. The number of hydrogen-bond donors (Lipinski definition) is 0. The number of terminal acetylenes is 1. The topological polar surface area (TPSA) is 78.3 Å². The molecule has 0 unspecified atom stereocenters. The molecule has 0 saturated carbocycles. The Labute approximate surface area is 107 Å². The zero-order chi connectivity index (χ0) is 13.8. The first kappa shape index (κ1) is 14.2. The van der Waals surface area contributed by atoms with Crippen LogP contribution in [0.25, 0.3) is 10.4 Å². The molecule has 0 aromatic rings. The summed E-state index contributed by atoms with van der Waals surface area (Å²) in [6, 6.07) is -0.528. The molecule has 0 bridgehead atoms. The molecule has 0 N–H and O–H groups in total. The Kier molecular flexibility index (Phi) is 4.46. The molecule has 1 amide bonds. The van der Waals surface area contributed by atoms with Crippen LogP contribution in [-0.2, 0) is 4.74 Å². The number of nitrogens with zero attached hydrogens (tertiary/aromatic N) is 4. The van der Waals surface area contributed by atoms with E-state index in [-0.39, 0.29) is 12.1 Å². The van der Waals surface area contributed by atoms with Crippen LogP contribution in [0.4, 0.5) is 4.79 Å². The molecule has 6 nitrogen and oxygen atoms in total. The van der Waals surface area contributed by atoms with Crippen molar-refractivity contribution >= 4 is 6.09 Å². The van der Waals surface area contributed by atoms with Crippen LogP contribution >= 0.6 is 0 Å². The van der Waals surface area contributed by atoms with E-state index in [0.29, 0.717) is 19.4 Å². The molecule has 1 aliphatic heterocycles. The van der Waals surface area contributed by atoms with Crippen LogP contribution in [0.1, 0.15) is 33.6 Å². The number of carbonyl (C=O) groups is 1. The molecule has 18 heavy (non-hydrogen) atoms. The summed E-state index contributed by atoms with van der Waals surface area (Å²) < 4.78 is 5.31. The van der Waals surface area contributed by atoms with Gasteiger partial charge in [-0.25, -0.2) is 4.79 Å². The van der Waals surface area contributed by atoms with Crippen molar-refractivity contribution in [2.45, 2.75) is 51.3 Å². The van der Waals surface area contributed by atoms with Gasteiger partial charge in [-0.1, -0.05) is 5.11 Å². The Balaban J connectivity index is 2.79. The highest BCUT2D eigenvalue weighted by atomic mass is 16.6. The van der Waals surface area contributed by atoms with Crippen LogP contribution in [0, 0.1) is 12.3 Å². The molecular weight excluding hydrogens is 232 g/mol. The first-order valence-corrected chi connectivity index (χ1v) is 5.86. The summed E-state index contributed by atoms with van der Waals surface area (Å²) in [5.74, 6) is 2.51. The summed E-state index contributed by atoms with van der Waals surface area (Å²) in [7, 11) is 0. The highest BCUT2D eigenvalue weighted by molar-refractivity contribution is 5.69. The molecule has 6 heteroatoms. The molecule has 2 atom stereocenters. The lowest BCUT2D eigenvalue weighted by molar-refractivity contribution is 0.0224. The van der Waals surface area contributed by atoms with E-state index in [1.54, 1.807) is 4.90 Å². The van der Waals surface area contributed by atoms with Gasteiger partial charge in [-0.15, -0.1) is 12.3 Å². The highest BCUT2D eigenvalue weighted by Gasteiger charge is 2.38. The number of likely N-dealkylation sites (tertiary alicyclic amines) is 1. The van der Waals surface area contributed by atoms with Gasteiger partial charge in [-0.3, -0.25) is 0 Å². The van der Waals surface area contributed by atoms with E-state index < -0.39 is 11.7 Å². The number of carbonyl (C=O) groups excluding carboxylic acids is 1. The minimum absolute atomic E-state index is 0.263. The van der Waals surface area contributed by atoms with Crippen LogP contribution in [0.5, 0.6) is 0 Å². The molecular formula is C12H18N4O2. The Hall–Kier alpha value is -1.86. The van der Waals surface area contributed by atoms with E-state index in [2.05, 4.69) is 15.9 Å². The van der Waals surface area contributed by atoms with Gasteiger partial charge in [0.1, 0.15) is 5.60 Å². The predicted molar refractivity (Wildman–Crippen MR) is 67.7 cm³/mol. The molecule has 0 aromatic heterocycles. The maximum Gasteiger partial charge on any atom is 0.410 e. The van der Waals surface area contributed by atoms with Crippen LogP contribution in [0.3, 0.4) is 0 Å². The van der Waals surface area contributed by atoms with E-state index in [1.165, 1.54) is 0 Å². The largest absolute Gasteiger partial charge is 0.444 e. The summed E-state index contributed by atoms with van der Waals surface area (Å²) in [6.45, 7) is 5.93. The van der Waals surface area contributed by atoms with Gasteiger partial charge in [0.15, 0.2) is 0 Å². The summed E-state index contributed by atoms with van der Waals surface area (Å²) in [6.07, 6.45) is 5.87. The molecule has 0 spiro atoms. The first-order valence-electron chi connectivity index (χ1n) is 5.86. The Morgan fingerprint density at radius 3 is 2.83 bits per heavy atom. The van der Waals surface area contributed by atoms with E-state index in [0.717, 1.165) is 0 Å². The second-order valence-corrected chi connectivity index (χ2v) is 5.21. The van der Waals surface area contributed by atoms with Crippen molar-refractivity contribution in [3.63, 3.8) is 0 Å². The smallest absolute Gasteiger partial charge is 0.410 e. The normalized spacial score (nSPS) is 23.1. The van der Waals surface area contributed by atoms with Crippen molar-refractivity contribution in [3.05, 3.63) is 10.4 Å². The summed E-state index contributed by atoms with van der Waals surface area (Å²) in [5, 5.41) is 3.69. The fraction of sp³-hybridized carbons (Fsp3) is 0.750. The van der Waals surface area contributed by atoms with Crippen LogP contribution < -0.4 is 0 Å². The van der Waals surface area contributed by atoms with Crippen molar-refractivity contribution in [2.24, 2.45) is 5.11 Å². The third-order valence-electron chi connectivity index (χ3n) is 2.67. The quantitative estimate of drug-likeness (QED) is 0.327. The summed E-state index contributed by atoms with van der Waals surface area (Å²) in [5.41, 5.74) is 7.95. The number of hydrogen-bond acceptors (Lipinski definition) is 3. The minimum Gasteiger partial charge on any atom is -0.444 e. The third kappa shape index (κ3) is 3.57. The lowest BCUT2D eigenvalue weighted by Crippen LogP contribution is -2.42. The van der Waals surface area contributed by atoms with Crippen molar-refractivity contribution in [1.82, 2.24) is 4.90 Å². The van der Waals surface area contributed by atoms with Gasteiger partial charge in [-0.2, -0.15) is 0 Å². The minimum atomic E-state index is -0.547. The number of amides is 1. The van der Waals surface area contributed by atoms with E-state index in [9.17, 15) is 4.79 Å². The molecule has 1 aliphatic rings. The van der Waals surface area contributed by atoms with Gasteiger partial charge < -0.3 is 9.64 Å². The van der Waals surface area contributed by atoms with E-state index >= 15 is 0 Å². The van der Waals surface area contributed by atoms with Crippen LogP contribution in [-0.4, -0.2) is 35.2 Å². The lowest BCUT2D eigenvalue weighted by Gasteiger charge is -2.28. The zero-order valence-electron chi connectivity index (χ0n) is 11.0. The van der Waals surface area contributed by atoms with Crippen molar-refractivity contribution in [1.29, 1.82) is 0 Å². The number of rotatable bonds is 2. The first-order chi connectivity index (χ1) is 8.39. The molecule has 98 valence electrons. The lowest BCUT2D eigenvalue weighted by atomic mass is 10.1. The predicted octanol–water partition coefficient (Wildman–Crippen LogP) is 2.70. The molecule has 1 rings (SSSR count). The van der Waals surface area contributed by atoms with Crippen LogP contribution in [0.2, 0.25) is 0 Å². The van der Waals surface area contributed by atoms with Gasteiger partial charge in [-0.05, 0) is 32.7 Å². The maximum absolute atomic E-state index is 12.0. The fourth-order valence-corrected chi connectivity index (χ4v) is 1.95. The van der Waals surface area contributed by atoms with Crippen molar-refractivity contribution < 1.29 is 9.53 Å². The molecule has 0 aromatic carbocycles. The number of azide groups is 1. The van der Waals surface area contributed by atoms with Gasteiger partial charge in [0.25, 0.3) is 0 Å². The van der Waals surface area contributed by atoms with Crippen LogP contribution in [0.15, 0.2) is 5.11 Å². The summed E-state index contributed by atoms with van der Waals surface area (Å²) in [4.78, 5) is 16.4. The Morgan fingerprint density at radius 2 is 2.33 bits per heavy atom. The van der Waals surface area contributed by atoms with Gasteiger partial charge >= 0.3 is 6.09 Å². The van der Waals surface area contributed by atoms with Gasteiger partial charge in [0.2, 0.25) is 0 Å². The second-order valence-electron chi connectivity index (χ2n) is 5.21. The maximum atomic E-state index is 12.0. The van der Waals surface area contributed by atoms with Crippen molar-refractivity contribution in [2.75, 3.05) is 6.54 Å². The monoisotopic (exact) mass is 250 g/mol. The SMILES string of the molecule is C#CC[C@@H]1[C@H](N=[N+]=[N-])CCN1C(=O)OC(C)(C)C. The van der Waals surface area contributed by atoms with E-state index in [1.807, 2.05) is 20.8 Å². The molecule has 0 radical (unpaired) electrons. The molecule has 1 fully saturated rings. The van der Waals surface area contributed by atoms with Gasteiger partial charge in [0, 0.05) is 17.9 Å². The van der Waals surface area contributed by atoms with E-state index in [4.69, 9.17) is 16.7 Å². The zero-order valence-corrected chi connectivity index (χ0v) is 11.0. The summed E-state index contributed by atoms with van der Waals surface area (Å²) >= 11 is 0. The van der Waals surface area contributed by atoms with Crippen molar-refractivity contribution in [3.8, 4) is 12.3 Å². The molecule has 0 aliphatic carbocycles. The third-order valence-corrected chi connectivity index (χ3v) is 2.67. The van der Waals surface area contributed by atoms with Gasteiger partial charge in [0.05, 0.1) is 12.1 Å². The average Bonchev–Trinajstić information content (AvgIpc) is 2.60. The second kappa shape index (κ2) is 5.65. The molecule has 1 heterocycles. The Bertz CT molecular complexity index is 401. The average molecular weight is 250 g/mol. The highest BCUT2D eigenvalue weighted by Crippen LogP contribution is 2.25. The fourth-order valence-electron chi connectivity index (χ4n) is 1.95. The Morgan fingerprint density at radius 1 is 1.67 bits per heavy atom. The standard InChI is InChI=1S/C12H18N4O2/c1-5-6-10-9(14-15-13)7-8-16(10)11(17)18-12(2,3)4/h1,9-10H,6-8H2,2-4H3/t9-,10-/m1/s1. The molecule has 1 saturated heterocycles.